The van der Waals surface area contributed by atoms with Crippen LogP contribution in [0.4, 0.5) is 5.69 Å². The number of nitrogens with two attached hydrogens (primary N) is 1. The highest BCUT2D eigenvalue weighted by Gasteiger charge is 2.02. The second-order valence-corrected chi connectivity index (χ2v) is 3.07. The van der Waals surface area contributed by atoms with Crippen LogP contribution in [-0.2, 0) is 6.42 Å². The largest absolute Gasteiger partial charge is 0.398 e. The van der Waals surface area contributed by atoms with E-state index in [-0.39, 0.29) is 17.0 Å². The first-order valence-corrected chi connectivity index (χ1v) is 4.12. The topological polar surface area (TPSA) is 26.0 Å². The summed E-state index contributed by atoms with van der Waals surface area (Å²) in [5, 5.41) is 0. The zero-order valence-electron chi connectivity index (χ0n) is 8.13. The first kappa shape index (κ1) is 12.2. The molecule has 2 N–H and O–H groups in total. The lowest BCUT2D eigenvalue weighted by atomic mass is 9.99. The van der Waals surface area contributed by atoms with Crippen molar-refractivity contribution in [3.8, 4) is 0 Å². The van der Waals surface area contributed by atoms with Crippen LogP contribution in [0.5, 0.6) is 0 Å². The molecule has 0 aliphatic carbocycles. The molecule has 0 fully saturated rings. The molecule has 0 saturated heterocycles. The van der Waals surface area contributed by atoms with Crippen LogP contribution in [0.25, 0.3) is 0 Å². The Morgan fingerprint density at radius 3 is 2.54 bits per heavy atom. The van der Waals surface area contributed by atoms with Crippen molar-refractivity contribution >= 4 is 22.7 Å². The van der Waals surface area contributed by atoms with Gasteiger partial charge in [-0.05, 0) is 43.0 Å². The van der Waals surface area contributed by atoms with Crippen molar-refractivity contribution in [1.82, 2.24) is 0 Å². The average Bonchev–Trinajstić information content (AvgIpc) is 2.06. The minimum absolute atomic E-state index is 0. The van der Waals surface area contributed by atoms with Crippen molar-refractivity contribution < 1.29 is 0 Å². The molecule has 0 amide bonds. The van der Waals surface area contributed by atoms with Crippen molar-refractivity contribution in [2.45, 2.75) is 20.3 Å². The standard InChI is InChI=1S/C11H15N.BrH/c1-4-5-10-9(3)8(2)6-7-11(10)12;/h4,6-7H,1,5,12H2,2-3H3;1H. The maximum atomic E-state index is 5.83. The fourth-order valence-corrected chi connectivity index (χ4v) is 1.31. The van der Waals surface area contributed by atoms with Gasteiger partial charge in [-0.3, -0.25) is 0 Å². The summed E-state index contributed by atoms with van der Waals surface area (Å²) >= 11 is 0. The maximum Gasteiger partial charge on any atom is 0.0352 e. The van der Waals surface area contributed by atoms with Gasteiger partial charge in [-0.15, -0.1) is 23.6 Å². The Morgan fingerprint density at radius 1 is 1.38 bits per heavy atom. The molecule has 0 unspecified atom stereocenters. The van der Waals surface area contributed by atoms with Gasteiger partial charge in [-0.1, -0.05) is 12.1 Å². The lowest BCUT2D eigenvalue weighted by Crippen LogP contribution is -1.97. The Morgan fingerprint density at radius 2 is 2.00 bits per heavy atom. The number of rotatable bonds is 2. The number of anilines is 1. The van der Waals surface area contributed by atoms with Gasteiger partial charge in [0.25, 0.3) is 0 Å². The maximum absolute atomic E-state index is 5.83. The second kappa shape index (κ2) is 5.07. The number of hydrogen-bond acceptors (Lipinski definition) is 1. The van der Waals surface area contributed by atoms with Crippen LogP contribution in [0.2, 0.25) is 0 Å². The van der Waals surface area contributed by atoms with Gasteiger partial charge in [0.15, 0.2) is 0 Å². The van der Waals surface area contributed by atoms with E-state index in [1.807, 2.05) is 12.1 Å². The fraction of sp³-hybridized carbons (Fsp3) is 0.273. The summed E-state index contributed by atoms with van der Waals surface area (Å²) < 4.78 is 0. The Hall–Kier alpha value is -0.760. The summed E-state index contributed by atoms with van der Waals surface area (Å²) in [6, 6.07) is 4.01. The molecular weight excluding hydrogens is 226 g/mol. The molecule has 1 aromatic rings. The molecule has 0 aliphatic rings. The van der Waals surface area contributed by atoms with E-state index >= 15 is 0 Å². The first-order valence-electron chi connectivity index (χ1n) is 4.12. The zero-order valence-corrected chi connectivity index (χ0v) is 9.84. The van der Waals surface area contributed by atoms with Gasteiger partial charge in [0, 0.05) is 5.69 Å². The molecule has 0 saturated carbocycles. The summed E-state index contributed by atoms with van der Waals surface area (Å²) in [7, 11) is 0. The van der Waals surface area contributed by atoms with Gasteiger partial charge >= 0.3 is 0 Å². The second-order valence-electron chi connectivity index (χ2n) is 3.07. The van der Waals surface area contributed by atoms with E-state index in [0.29, 0.717) is 0 Å². The normalized spacial score (nSPS) is 9.08. The Kier molecular flexibility index (Phi) is 4.78. The molecule has 0 aromatic heterocycles. The molecule has 0 spiro atoms. The summed E-state index contributed by atoms with van der Waals surface area (Å²) in [5.41, 5.74) is 10.5. The molecule has 0 aliphatic heterocycles. The van der Waals surface area contributed by atoms with Gasteiger partial charge < -0.3 is 5.73 Å². The molecular formula is C11H16BrN. The number of benzene rings is 1. The molecule has 1 aromatic carbocycles. The van der Waals surface area contributed by atoms with Crippen molar-refractivity contribution in [3.05, 3.63) is 41.5 Å². The van der Waals surface area contributed by atoms with Crippen LogP contribution in [0.1, 0.15) is 16.7 Å². The fourth-order valence-electron chi connectivity index (χ4n) is 1.31. The molecule has 0 heterocycles. The molecule has 0 bridgehead atoms. The van der Waals surface area contributed by atoms with E-state index in [9.17, 15) is 0 Å². The molecule has 2 heteroatoms. The van der Waals surface area contributed by atoms with E-state index in [4.69, 9.17) is 5.73 Å². The molecule has 0 atom stereocenters. The average molecular weight is 242 g/mol. The van der Waals surface area contributed by atoms with Crippen molar-refractivity contribution in [3.63, 3.8) is 0 Å². The summed E-state index contributed by atoms with van der Waals surface area (Å²) in [6.07, 6.45) is 2.75. The van der Waals surface area contributed by atoms with Gasteiger partial charge in [-0.2, -0.15) is 0 Å². The third kappa shape index (κ3) is 2.59. The Bertz CT molecular complexity index is 305. The third-order valence-electron chi connectivity index (χ3n) is 2.25. The Labute approximate surface area is 90.4 Å². The minimum atomic E-state index is 0. The highest BCUT2D eigenvalue weighted by Crippen LogP contribution is 2.20. The number of nitrogen functional groups attached to an aromatic ring is 1. The van der Waals surface area contributed by atoms with Crippen molar-refractivity contribution in [1.29, 1.82) is 0 Å². The summed E-state index contributed by atoms with van der Waals surface area (Å²) in [4.78, 5) is 0. The predicted molar refractivity (Wildman–Crippen MR) is 64.6 cm³/mol. The third-order valence-corrected chi connectivity index (χ3v) is 2.25. The smallest absolute Gasteiger partial charge is 0.0352 e. The van der Waals surface area contributed by atoms with Crippen molar-refractivity contribution in [2.75, 3.05) is 5.73 Å². The summed E-state index contributed by atoms with van der Waals surface area (Å²) in [6.45, 7) is 7.91. The van der Waals surface area contributed by atoms with E-state index in [2.05, 4.69) is 26.5 Å². The Balaban J connectivity index is 0.00000144. The monoisotopic (exact) mass is 241 g/mol. The highest BCUT2D eigenvalue weighted by molar-refractivity contribution is 8.93. The molecule has 1 rings (SSSR count). The van der Waals surface area contributed by atoms with Gasteiger partial charge in [0.1, 0.15) is 0 Å². The van der Waals surface area contributed by atoms with Crippen molar-refractivity contribution in [2.24, 2.45) is 0 Å². The highest BCUT2D eigenvalue weighted by atomic mass is 79.9. The number of hydrogen-bond donors (Lipinski definition) is 1. The first-order chi connectivity index (χ1) is 5.66. The number of allylic oxidation sites excluding steroid dienone is 1. The van der Waals surface area contributed by atoms with E-state index < -0.39 is 0 Å². The lowest BCUT2D eigenvalue weighted by molar-refractivity contribution is 1.19. The van der Waals surface area contributed by atoms with Crippen LogP contribution >= 0.6 is 17.0 Å². The van der Waals surface area contributed by atoms with Crippen LogP contribution in [0, 0.1) is 13.8 Å². The molecule has 0 radical (unpaired) electrons. The van der Waals surface area contributed by atoms with Crippen LogP contribution < -0.4 is 5.73 Å². The van der Waals surface area contributed by atoms with Gasteiger partial charge in [0.2, 0.25) is 0 Å². The number of aryl methyl sites for hydroxylation is 1. The molecule has 13 heavy (non-hydrogen) atoms. The predicted octanol–water partition coefficient (Wildman–Crippen LogP) is 3.19. The van der Waals surface area contributed by atoms with Crippen LogP contribution in [0.3, 0.4) is 0 Å². The molecule has 72 valence electrons. The quantitative estimate of drug-likeness (QED) is 0.625. The zero-order chi connectivity index (χ0) is 9.14. The number of halogens is 1. The molecule has 1 nitrogen and oxygen atoms in total. The van der Waals surface area contributed by atoms with Crippen LogP contribution in [0.15, 0.2) is 24.8 Å². The minimum Gasteiger partial charge on any atom is -0.398 e. The van der Waals surface area contributed by atoms with Gasteiger partial charge in [0.05, 0.1) is 0 Å². The van der Waals surface area contributed by atoms with E-state index in [1.54, 1.807) is 0 Å². The van der Waals surface area contributed by atoms with Crippen LogP contribution in [-0.4, -0.2) is 0 Å². The summed E-state index contributed by atoms with van der Waals surface area (Å²) in [5.74, 6) is 0. The lowest BCUT2D eigenvalue weighted by Gasteiger charge is -2.09. The van der Waals surface area contributed by atoms with E-state index in [1.165, 1.54) is 16.7 Å². The van der Waals surface area contributed by atoms with Gasteiger partial charge in [-0.25, -0.2) is 0 Å². The SMILES string of the molecule is Br.C=CCc1c(N)ccc(C)c1C. The van der Waals surface area contributed by atoms with E-state index in [0.717, 1.165) is 12.1 Å².